The van der Waals surface area contributed by atoms with Crippen molar-refractivity contribution in [3.63, 3.8) is 0 Å². The van der Waals surface area contributed by atoms with Crippen molar-refractivity contribution in [2.24, 2.45) is 0 Å². The number of nitrogens with one attached hydrogen (secondary N) is 1. The molecule has 4 N–H and O–H groups in total. The molecule has 1 aliphatic heterocycles. The summed E-state index contributed by atoms with van der Waals surface area (Å²) in [7, 11) is -1.81. The van der Waals surface area contributed by atoms with Crippen molar-refractivity contribution in [1.82, 2.24) is 9.29 Å². The summed E-state index contributed by atoms with van der Waals surface area (Å²) in [5, 5.41) is 32.6. The van der Waals surface area contributed by atoms with Crippen LogP contribution in [0.3, 0.4) is 0 Å². The van der Waals surface area contributed by atoms with Gasteiger partial charge in [0.1, 0.15) is 5.69 Å². The van der Waals surface area contributed by atoms with Crippen LogP contribution in [0.1, 0.15) is 10.4 Å². The Labute approximate surface area is 192 Å². The van der Waals surface area contributed by atoms with Crippen molar-refractivity contribution >= 4 is 63.8 Å². The van der Waals surface area contributed by atoms with E-state index in [-0.39, 0.29) is 16.7 Å². The molecule has 1 aromatic heterocycles. The maximum Gasteiger partial charge on any atom is 0.488 e. The number of carboxylic acids is 1. The van der Waals surface area contributed by atoms with E-state index in [0.717, 1.165) is 0 Å². The number of carbonyl (C=O) groups is 1. The van der Waals surface area contributed by atoms with Gasteiger partial charge in [0, 0.05) is 10.4 Å². The lowest BCUT2D eigenvalue weighted by molar-refractivity contribution is 0.0698. The quantitative estimate of drug-likeness (QED) is 0.307. The van der Waals surface area contributed by atoms with Gasteiger partial charge in [0.25, 0.3) is 0 Å². The summed E-state index contributed by atoms with van der Waals surface area (Å²) in [6.07, 6.45) is 1.50. The summed E-state index contributed by atoms with van der Waals surface area (Å²) in [5.41, 5.74) is 1.04. The van der Waals surface area contributed by atoms with E-state index in [1.165, 1.54) is 24.4 Å². The predicted octanol–water partition coefficient (Wildman–Crippen LogP) is 1.36. The Bertz CT molecular complexity index is 1160. The number of fused-ring (bicyclic) bond motifs is 1. The lowest BCUT2D eigenvalue weighted by Gasteiger charge is -2.28. The summed E-state index contributed by atoms with van der Waals surface area (Å²) in [6.45, 7) is 1.86. The maximum absolute atomic E-state index is 13.4. The molecule has 1 unspecified atom stereocenters. The molecular formula is C20H19BClN3O6S. The van der Waals surface area contributed by atoms with Crippen LogP contribution in [-0.2, 0) is 16.1 Å². The summed E-state index contributed by atoms with van der Waals surface area (Å²) in [6, 6.07) is 9.06. The molecule has 1 saturated heterocycles. The molecule has 1 atom stereocenters. The smallest absolute Gasteiger partial charge is 0.488 e. The number of morpholine rings is 1. The number of ether oxygens (including phenoxy) is 1. The molecule has 2 aromatic carbocycles. The highest BCUT2D eigenvalue weighted by molar-refractivity contribution is 7.89. The summed E-state index contributed by atoms with van der Waals surface area (Å²) >= 11 is 4.61. The minimum atomic E-state index is -1.81. The Hall–Kier alpha value is -2.38. The van der Waals surface area contributed by atoms with Crippen LogP contribution in [0, 0.1) is 0 Å². The van der Waals surface area contributed by atoms with Crippen molar-refractivity contribution < 1.29 is 29.2 Å². The molecule has 0 aliphatic carbocycles. The molecule has 0 saturated carbocycles. The van der Waals surface area contributed by atoms with E-state index in [4.69, 9.17) is 16.3 Å². The number of anilines is 2. The topological polar surface area (TPSA) is 138 Å². The van der Waals surface area contributed by atoms with Crippen molar-refractivity contribution in [1.29, 1.82) is 0 Å². The average molecular weight is 476 g/mol. The summed E-state index contributed by atoms with van der Waals surface area (Å²) in [5.74, 6) is -1.26. The highest BCUT2D eigenvalue weighted by atomic mass is 35.5. The van der Waals surface area contributed by atoms with Gasteiger partial charge in [-0.3, -0.25) is 4.98 Å². The Morgan fingerprint density at radius 1 is 1.22 bits per heavy atom. The molecule has 9 nitrogen and oxygen atoms in total. The van der Waals surface area contributed by atoms with Crippen molar-refractivity contribution in [3.8, 4) is 0 Å². The van der Waals surface area contributed by atoms with Gasteiger partial charge in [-0.05, 0) is 35.8 Å². The number of aromatic carboxylic acids is 1. The van der Waals surface area contributed by atoms with Gasteiger partial charge in [-0.25, -0.2) is 4.79 Å². The standard InChI is InChI=1S/C20H19BClN3O6S/c22-13-2-4-16-14(10-13)19(18(11-23-16)32(30)25-5-7-31-8-6-25)24-17-3-1-12(21(28)29)9-15(17)20(26)27/h1-4,9-11,28-29H,5-8H2,(H,23,24)(H,26,27). The number of hydrogen-bond donors (Lipinski definition) is 4. The number of nitrogens with zero attached hydrogens (tertiary/aromatic N) is 2. The molecule has 12 heteroatoms. The van der Waals surface area contributed by atoms with E-state index >= 15 is 0 Å². The van der Waals surface area contributed by atoms with E-state index < -0.39 is 24.4 Å². The molecule has 1 fully saturated rings. The Morgan fingerprint density at radius 3 is 2.66 bits per heavy atom. The molecule has 0 bridgehead atoms. The van der Waals surface area contributed by atoms with Gasteiger partial charge >= 0.3 is 13.1 Å². The van der Waals surface area contributed by atoms with Crippen LogP contribution in [0.5, 0.6) is 0 Å². The normalized spacial score (nSPS) is 15.5. The molecule has 2 heterocycles. The molecule has 166 valence electrons. The van der Waals surface area contributed by atoms with Crippen LogP contribution in [0.15, 0.2) is 47.5 Å². The number of aromatic nitrogens is 1. The van der Waals surface area contributed by atoms with Crippen LogP contribution in [0.2, 0.25) is 5.02 Å². The SMILES string of the molecule is O=C(O)c1cc(B(O)O)ccc1Nc1c([S+]([O-])N2CCOCC2)cnc2ccc(Cl)cc12. The van der Waals surface area contributed by atoms with Gasteiger partial charge in [0.05, 0.1) is 60.6 Å². The first-order chi connectivity index (χ1) is 15.3. The second-order valence-corrected chi connectivity index (χ2v) is 8.95. The number of rotatable bonds is 6. The zero-order valence-electron chi connectivity index (χ0n) is 16.7. The highest BCUT2D eigenvalue weighted by Gasteiger charge is 2.30. The minimum Gasteiger partial charge on any atom is -0.593 e. The first-order valence-electron chi connectivity index (χ1n) is 9.68. The first kappa shape index (κ1) is 22.8. The molecular weight excluding hydrogens is 457 g/mol. The van der Waals surface area contributed by atoms with Crippen LogP contribution in [0.25, 0.3) is 10.9 Å². The van der Waals surface area contributed by atoms with E-state index in [2.05, 4.69) is 10.3 Å². The third-order valence-corrected chi connectivity index (χ3v) is 6.77. The maximum atomic E-state index is 13.4. The fraction of sp³-hybridized carbons (Fsp3) is 0.200. The monoisotopic (exact) mass is 475 g/mol. The number of benzene rings is 2. The number of carboxylic acid groups (broad SMARTS) is 1. The molecule has 4 rings (SSSR count). The lowest BCUT2D eigenvalue weighted by Crippen LogP contribution is -2.40. The molecule has 32 heavy (non-hydrogen) atoms. The average Bonchev–Trinajstić information content (AvgIpc) is 2.79. The molecule has 1 aliphatic rings. The van der Waals surface area contributed by atoms with Crippen LogP contribution >= 0.6 is 11.6 Å². The van der Waals surface area contributed by atoms with Crippen molar-refractivity contribution in [3.05, 3.63) is 53.2 Å². The van der Waals surface area contributed by atoms with Gasteiger partial charge in [-0.15, -0.1) is 4.31 Å². The van der Waals surface area contributed by atoms with Crippen LogP contribution < -0.4 is 10.8 Å². The number of pyridine rings is 1. The van der Waals surface area contributed by atoms with Crippen LogP contribution in [-0.4, -0.2) is 68.4 Å². The number of halogens is 1. The first-order valence-corrected chi connectivity index (χ1v) is 11.2. The zero-order valence-corrected chi connectivity index (χ0v) is 18.3. The third-order valence-electron chi connectivity index (χ3n) is 5.02. The highest BCUT2D eigenvalue weighted by Crippen LogP contribution is 2.35. The second-order valence-electron chi connectivity index (χ2n) is 7.06. The third kappa shape index (κ3) is 4.69. The van der Waals surface area contributed by atoms with E-state index in [1.54, 1.807) is 22.5 Å². The van der Waals surface area contributed by atoms with Crippen LogP contribution in [0.4, 0.5) is 11.4 Å². The Morgan fingerprint density at radius 2 is 1.97 bits per heavy atom. The predicted molar refractivity (Wildman–Crippen MR) is 122 cm³/mol. The van der Waals surface area contributed by atoms with Gasteiger partial charge in [0.2, 0.25) is 4.90 Å². The van der Waals surface area contributed by atoms with Gasteiger partial charge < -0.3 is 29.8 Å². The van der Waals surface area contributed by atoms with Gasteiger partial charge in [0.15, 0.2) is 0 Å². The minimum absolute atomic E-state index is 0.0349. The molecule has 0 amide bonds. The van der Waals surface area contributed by atoms with E-state index in [0.29, 0.717) is 52.8 Å². The van der Waals surface area contributed by atoms with E-state index in [1.807, 2.05) is 0 Å². The fourth-order valence-corrected chi connectivity index (χ4v) is 4.81. The molecule has 0 spiro atoms. The lowest BCUT2D eigenvalue weighted by atomic mass is 9.79. The van der Waals surface area contributed by atoms with Gasteiger partial charge in [-0.2, -0.15) is 0 Å². The summed E-state index contributed by atoms with van der Waals surface area (Å²) < 4.78 is 20.5. The number of hydrogen-bond acceptors (Lipinski definition) is 8. The largest absolute Gasteiger partial charge is 0.593 e. The Balaban J connectivity index is 1.85. The Kier molecular flexibility index (Phi) is 6.86. The second kappa shape index (κ2) is 9.63. The van der Waals surface area contributed by atoms with Crippen molar-refractivity contribution in [2.45, 2.75) is 4.90 Å². The van der Waals surface area contributed by atoms with E-state index in [9.17, 15) is 24.5 Å². The van der Waals surface area contributed by atoms with Gasteiger partial charge in [-0.1, -0.05) is 17.7 Å². The van der Waals surface area contributed by atoms with Crippen molar-refractivity contribution in [2.75, 3.05) is 31.6 Å². The fourth-order valence-electron chi connectivity index (χ4n) is 3.40. The zero-order chi connectivity index (χ0) is 22.8. The molecule has 3 aromatic rings. The summed E-state index contributed by atoms with van der Waals surface area (Å²) in [4.78, 5) is 16.6. The molecule has 0 radical (unpaired) electrons.